The minimum Gasteiger partial charge on any atom is -0.490 e. The maximum Gasteiger partial charge on any atom is 0.244 e. The quantitative estimate of drug-likeness (QED) is 0.553. The monoisotopic (exact) mass is 368 g/mol. The zero-order valence-corrected chi connectivity index (χ0v) is 15.8. The Morgan fingerprint density at radius 2 is 1.96 bits per heavy atom. The van der Waals surface area contributed by atoms with E-state index in [1.165, 1.54) is 6.08 Å². The van der Waals surface area contributed by atoms with Crippen LogP contribution >= 0.6 is 0 Å². The lowest BCUT2D eigenvalue weighted by Crippen LogP contribution is -2.31. The Balaban J connectivity index is 1.82. The number of ether oxygens (including phenoxy) is 1. The first-order valence-corrected chi connectivity index (χ1v) is 8.50. The van der Waals surface area contributed by atoms with E-state index < -0.39 is 0 Å². The molecule has 0 spiro atoms. The number of benzene rings is 1. The number of aryl methyl sites for hydroxylation is 2. The minimum atomic E-state index is -0.350. The first kappa shape index (κ1) is 20.0. The molecule has 7 nitrogen and oxygen atoms in total. The van der Waals surface area contributed by atoms with Crippen LogP contribution in [0.4, 0.5) is 5.69 Å². The standard InChI is InChI=1S/C20H24N4O3/c1-5-12-27-17-9-6-16(7-10-17)8-11-18(25)21-13-19(26)22-20-14(2)23-24(4)15(20)3/h5-11H,1,12-13H2,2-4H3,(H,21,25)(H,22,26)/b11-8+. The summed E-state index contributed by atoms with van der Waals surface area (Å²) in [5.41, 5.74) is 3.11. The smallest absolute Gasteiger partial charge is 0.244 e. The summed E-state index contributed by atoms with van der Waals surface area (Å²) < 4.78 is 7.09. The summed E-state index contributed by atoms with van der Waals surface area (Å²) in [7, 11) is 1.81. The topological polar surface area (TPSA) is 85.2 Å². The maximum absolute atomic E-state index is 12.0. The van der Waals surface area contributed by atoms with Gasteiger partial charge in [0.2, 0.25) is 11.8 Å². The lowest BCUT2D eigenvalue weighted by molar-refractivity contribution is -0.121. The Morgan fingerprint density at radius 3 is 2.56 bits per heavy atom. The van der Waals surface area contributed by atoms with Crippen molar-refractivity contribution in [1.82, 2.24) is 15.1 Å². The molecule has 2 amide bonds. The van der Waals surface area contributed by atoms with Crippen molar-refractivity contribution in [3.05, 3.63) is 59.9 Å². The molecule has 0 bridgehead atoms. The molecule has 0 aliphatic heterocycles. The predicted molar refractivity (Wildman–Crippen MR) is 105 cm³/mol. The number of nitrogens with zero attached hydrogens (tertiary/aromatic N) is 2. The minimum absolute atomic E-state index is 0.120. The van der Waals surface area contributed by atoms with E-state index in [9.17, 15) is 9.59 Å². The van der Waals surface area contributed by atoms with Crippen LogP contribution in [0.3, 0.4) is 0 Å². The molecule has 1 heterocycles. The maximum atomic E-state index is 12.0. The van der Waals surface area contributed by atoms with Gasteiger partial charge in [-0.1, -0.05) is 24.8 Å². The van der Waals surface area contributed by atoms with Gasteiger partial charge in [-0.15, -0.1) is 0 Å². The van der Waals surface area contributed by atoms with E-state index in [-0.39, 0.29) is 18.4 Å². The molecule has 142 valence electrons. The number of amides is 2. The van der Waals surface area contributed by atoms with Gasteiger partial charge in [-0.05, 0) is 37.6 Å². The molecule has 7 heteroatoms. The first-order valence-electron chi connectivity index (χ1n) is 8.50. The molecule has 0 aliphatic carbocycles. The third-order valence-electron chi connectivity index (χ3n) is 3.87. The van der Waals surface area contributed by atoms with Crippen LogP contribution in [0.25, 0.3) is 6.08 Å². The second kappa shape index (κ2) is 9.38. The summed E-state index contributed by atoms with van der Waals surface area (Å²) in [6.45, 7) is 7.60. The normalized spacial score (nSPS) is 10.6. The van der Waals surface area contributed by atoms with E-state index in [0.717, 1.165) is 22.7 Å². The van der Waals surface area contributed by atoms with Gasteiger partial charge in [0.05, 0.1) is 23.6 Å². The van der Waals surface area contributed by atoms with E-state index in [2.05, 4.69) is 22.3 Å². The lowest BCUT2D eigenvalue weighted by Gasteiger charge is -2.06. The van der Waals surface area contributed by atoms with Crippen LogP contribution in [0.2, 0.25) is 0 Å². The van der Waals surface area contributed by atoms with Crippen molar-refractivity contribution < 1.29 is 14.3 Å². The fourth-order valence-corrected chi connectivity index (χ4v) is 2.37. The van der Waals surface area contributed by atoms with Gasteiger partial charge in [0, 0.05) is 13.1 Å². The van der Waals surface area contributed by atoms with Crippen molar-refractivity contribution >= 4 is 23.6 Å². The summed E-state index contributed by atoms with van der Waals surface area (Å²) in [5.74, 6) is 0.0746. The Labute approximate surface area is 158 Å². The zero-order valence-electron chi connectivity index (χ0n) is 15.8. The molecule has 27 heavy (non-hydrogen) atoms. The van der Waals surface area contributed by atoms with Crippen LogP contribution in [0.1, 0.15) is 17.0 Å². The number of aromatic nitrogens is 2. The predicted octanol–water partition coefficient (Wildman–Crippen LogP) is 2.37. The van der Waals surface area contributed by atoms with Crippen molar-refractivity contribution in [2.24, 2.45) is 7.05 Å². The molecular formula is C20H24N4O3. The van der Waals surface area contributed by atoms with E-state index >= 15 is 0 Å². The van der Waals surface area contributed by atoms with Gasteiger partial charge in [0.15, 0.2) is 0 Å². The SMILES string of the molecule is C=CCOc1ccc(/C=C/C(=O)NCC(=O)Nc2c(C)nn(C)c2C)cc1. The van der Waals surface area contributed by atoms with Crippen LogP contribution in [-0.4, -0.2) is 34.7 Å². The molecule has 0 atom stereocenters. The molecule has 0 saturated carbocycles. The Morgan fingerprint density at radius 1 is 1.26 bits per heavy atom. The molecule has 1 aromatic carbocycles. The zero-order chi connectivity index (χ0) is 19.8. The fraction of sp³-hybridized carbons (Fsp3) is 0.250. The number of rotatable bonds is 8. The highest BCUT2D eigenvalue weighted by atomic mass is 16.5. The van der Waals surface area contributed by atoms with Gasteiger partial charge in [0.1, 0.15) is 12.4 Å². The van der Waals surface area contributed by atoms with E-state index in [1.54, 1.807) is 16.8 Å². The summed E-state index contributed by atoms with van der Waals surface area (Å²) in [6, 6.07) is 7.30. The third-order valence-corrected chi connectivity index (χ3v) is 3.87. The van der Waals surface area contributed by atoms with Gasteiger partial charge in [-0.3, -0.25) is 14.3 Å². The summed E-state index contributed by atoms with van der Waals surface area (Å²) in [4.78, 5) is 23.9. The lowest BCUT2D eigenvalue weighted by atomic mass is 10.2. The van der Waals surface area contributed by atoms with Gasteiger partial charge in [-0.25, -0.2) is 0 Å². The molecular weight excluding hydrogens is 344 g/mol. The van der Waals surface area contributed by atoms with Crippen LogP contribution in [0.5, 0.6) is 5.75 Å². The van der Waals surface area contributed by atoms with Crippen LogP contribution in [-0.2, 0) is 16.6 Å². The van der Waals surface area contributed by atoms with Crippen molar-refractivity contribution in [2.45, 2.75) is 13.8 Å². The summed E-state index contributed by atoms with van der Waals surface area (Å²) in [5, 5.41) is 9.56. The van der Waals surface area contributed by atoms with Gasteiger partial charge < -0.3 is 15.4 Å². The Bertz CT molecular complexity index is 851. The largest absolute Gasteiger partial charge is 0.490 e. The molecule has 1 aromatic heterocycles. The number of hydrogen-bond acceptors (Lipinski definition) is 4. The van der Waals surface area contributed by atoms with Crippen molar-refractivity contribution in [2.75, 3.05) is 18.5 Å². The van der Waals surface area contributed by atoms with Crippen LogP contribution in [0.15, 0.2) is 43.0 Å². The highest BCUT2D eigenvalue weighted by Crippen LogP contribution is 2.17. The number of anilines is 1. The Kier molecular flexibility index (Phi) is 6.93. The van der Waals surface area contributed by atoms with Gasteiger partial charge >= 0.3 is 0 Å². The highest BCUT2D eigenvalue weighted by molar-refractivity contribution is 5.98. The summed E-state index contributed by atoms with van der Waals surface area (Å²) in [6.07, 6.45) is 4.72. The number of carbonyl (C=O) groups is 2. The van der Waals surface area contributed by atoms with Crippen molar-refractivity contribution in [3.8, 4) is 5.75 Å². The number of nitrogens with one attached hydrogen (secondary N) is 2. The van der Waals surface area contributed by atoms with Gasteiger partial charge in [-0.2, -0.15) is 5.10 Å². The Hall–Kier alpha value is -3.35. The number of carbonyl (C=O) groups excluding carboxylic acids is 2. The third kappa shape index (κ3) is 5.85. The number of hydrogen-bond donors (Lipinski definition) is 2. The average molecular weight is 368 g/mol. The van der Waals surface area contributed by atoms with E-state index in [1.807, 2.05) is 45.2 Å². The molecule has 0 saturated heterocycles. The van der Waals surface area contributed by atoms with Crippen molar-refractivity contribution in [3.63, 3.8) is 0 Å². The summed E-state index contributed by atoms with van der Waals surface area (Å²) >= 11 is 0. The molecule has 0 fully saturated rings. The first-order chi connectivity index (χ1) is 12.9. The second-order valence-corrected chi connectivity index (χ2v) is 5.94. The van der Waals surface area contributed by atoms with Gasteiger partial charge in [0.25, 0.3) is 0 Å². The van der Waals surface area contributed by atoms with E-state index in [4.69, 9.17) is 4.74 Å². The fourth-order valence-electron chi connectivity index (χ4n) is 2.37. The van der Waals surface area contributed by atoms with E-state index in [0.29, 0.717) is 12.3 Å². The van der Waals surface area contributed by atoms with Crippen LogP contribution < -0.4 is 15.4 Å². The highest BCUT2D eigenvalue weighted by Gasteiger charge is 2.12. The average Bonchev–Trinajstić information content (AvgIpc) is 2.90. The molecule has 2 aromatic rings. The second-order valence-electron chi connectivity index (χ2n) is 5.94. The van der Waals surface area contributed by atoms with Crippen LogP contribution in [0, 0.1) is 13.8 Å². The molecule has 2 rings (SSSR count). The molecule has 0 unspecified atom stereocenters. The van der Waals surface area contributed by atoms with Crippen molar-refractivity contribution in [1.29, 1.82) is 0 Å². The molecule has 0 radical (unpaired) electrons. The molecule has 0 aliphatic rings. The molecule has 2 N–H and O–H groups in total.